The van der Waals surface area contributed by atoms with Crippen LogP contribution in [0.3, 0.4) is 0 Å². The number of hydrogen-bond acceptors (Lipinski definition) is 1. The largest absolute Gasteiger partial charge is 0.148 e. The van der Waals surface area contributed by atoms with Gasteiger partial charge in [0, 0.05) is 22.7 Å². The van der Waals surface area contributed by atoms with Crippen molar-refractivity contribution in [2.45, 2.75) is 19.8 Å². The number of unbranched alkanes of at least 4 members (excludes halogenated alkanes) is 1. The molecule has 0 unspecified atom stereocenters. The quantitative estimate of drug-likeness (QED) is 0.388. The van der Waals surface area contributed by atoms with Crippen molar-refractivity contribution in [3.63, 3.8) is 0 Å². The maximum atomic E-state index is 5.53. The van der Waals surface area contributed by atoms with Crippen LogP contribution in [0.1, 0.15) is 23.3 Å². The first-order valence-electron chi connectivity index (χ1n) is 3.93. The first kappa shape index (κ1) is 9.64. The average Bonchev–Trinajstić information content (AvgIpc) is 2.46. The van der Waals surface area contributed by atoms with Crippen molar-refractivity contribution in [2.75, 3.05) is 5.88 Å². The van der Waals surface area contributed by atoms with Gasteiger partial charge in [-0.15, -0.1) is 22.9 Å². The fourth-order valence-corrected chi connectivity index (χ4v) is 1.62. The van der Waals surface area contributed by atoms with Gasteiger partial charge in [0.2, 0.25) is 0 Å². The minimum Gasteiger partial charge on any atom is -0.148 e. The van der Waals surface area contributed by atoms with E-state index in [0.29, 0.717) is 5.88 Å². The van der Waals surface area contributed by atoms with E-state index in [1.54, 1.807) is 11.3 Å². The monoisotopic (exact) mass is 198 g/mol. The molecule has 0 aliphatic carbocycles. The summed E-state index contributed by atoms with van der Waals surface area (Å²) in [5, 5.41) is 2.07. The van der Waals surface area contributed by atoms with Crippen LogP contribution in [0.5, 0.6) is 0 Å². The van der Waals surface area contributed by atoms with Crippen LogP contribution in [0, 0.1) is 18.8 Å². The molecule has 0 saturated heterocycles. The number of aryl methyl sites for hydroxylation is 1. The molecule has 1 rings (SSSR count). The summed E-state index contributed by atoms with van der Waals surface area (Å²) in [6, 6.07) is 2.06. The minimum atomic E-state index is 0.706. The van der Waals surface area contributed by atoms with E-state index in [2.05, 4.69) is 30.2 Å². The Morgan fingerprint density at radius 1 is 1.58 bits per heavy atom. The lowest BCUT2D eigenvalue weighted by Crippen LogP contribution is -1.73. The van der Waals surface area contributed by atoms with Gasteiger partial charge in [-0.1, -0.05) is 11.8 Å². The van der Waals surface area contributed by atoms with Crippen LogP contribution in [-0.2, 0) is 0 Å². The van der Waals surface area contributed by atoms with Gasteiger partial charge in [0.05, 0.1) is 0 Å². The molecular weight excluding hydrogens is 188 g/mol. The highest BCUT2D eigenvalue weighted by Gasteiger charge is 1.92. The van der Waals surface area contributed by atoms with Gasteiger partial charge in [0.15, 0.2) is 0 Å². The Morgan fingerprint density at radius 2 is 2.42 bits per heavy atom. The van der Waals surface area contributed by atoms with Gasteiger partial charge >= 0.3 is 0 Å². The second kappa shape index (κ2) is 5.24. The Kier molecular flexibility index (Phi) is 4.21. The summed E-state index contributed by atoms with van der Waals surface area (Å²) in [7, 11) is 0. The molecule has 0 aromatic carbocycles. The second-order valence-corrected chi connectivity index (χ2v) is 3.98. The number of alkyl halides is 1. The molecule has 0 aliphatic heterocycles. The molecule has 1 heterocycles. The summed E-state index contributed by atoms with van der Waals surface area (Å²) in [6.45, 7) is 2.09. The zero-order valence-electron chi connectivity index (χ0n) is 7.06. The zero-order valence-corrected chi connectivity index (χ0v) is 8.63. The maximum absolute atomic E-state index is 5.53. The van der Waals surface area contributed by atoms with Crippen LogP contribution in [0.4, 0.5) is 0 Å². The number of hydrogen-bond donors (Lipinski definition) is 0. The lowest BCUT2D eigenvalue weighted by molar-refractivity contribution is 0.991. The molecule has 0 fully saturated rings. The van der Waals surface area contributed by atoms with Crippen molar-refractivity contribution in [3.05, 3.63) is 21.9 Å². The molecule has 2 heteroatoms. The van der Waals surface area contributed by atoms with E-state index in [1.807, 2.05) is 0 Å². The first-order valence-corrected chi connectivity index (χ1v) is 5.35. The van der Waals surface area contributed by atoms with Crippen LogP contribution in [0.15, 0.2) is 11.4 Å². The standard InChI is InChI=1S/C10H11ClS/c1-9-10(6-8-12-9)5-3-2-4-7-11/h6,8H,2,4,7H2,1H3. The highest BCUT2D eigenvalue weighted by molar-refractivity contribution is 7.10. The molecule has 0 amide bonds. The highest BCUT2D eigenvalue weighted by Crippen LogP contribution is 2.13. The molecule has 0 bridgehead atoms. The third-order valence-corrected chi connectivity index (χ3v) is 2.63. The number of halogens is 1. The molecule has 1 aromatic rings. The predicted octanol–water partition coefficient (Wildman–Crippen LogP) is 3.43. The number of rotatable bonds is 2. The molecule has 0 N–H and O–H groups in total. The summed E-state index contributed by atoms with van der Waals surface area (Å²) >= 11 is 7.27. The molecular formula is C10H11ClS. The lowest BCUT2D eigenvalue weighted by atomic mass is 10.2. The van der Waals surface area contributed by atoms with E-state index >= 15 is 0 Å². The Morgan fingerprint density at radius 3 is 3.00 bits per heavy atom. The van der Waals surface area contributed by atoms with Gasteiger partial charge in [0.1, 0.15) is 0 Å². The Hall–Kier alpha value is -0.450. The molecule has 0 spiro atoms. The summed E-state index contributed by atoms with van der Waals surface area (Å²) in [4.78, 5) is 1.30. The number of thiophene rings is 1. The van der Waals surface area contributed by atoms with Gasteiger partial charge in [-0.2, -0.15) is 0 Å². The van der Waals surface area contributed by atoms with Crippen LogP contribution < -0.4 is 0 Å². The van der Waals surface area contributed by atoms with Crippen LogP contribution in [-0.4, -0.2) is 5.88 Å². The fourth-order valence-electron chi connectivity index (χ4n) is 0.828. The molecule has 64 valence electrons. The third-order valence-electron chi connectivity index (χ3n) is 1.52. The molecule has 12 heavy (non-hydrogen) atoms. The van der Waals surface area contributed by atoms with E-state index in [4.69, 9.17) is 11.6 Å². The van der Waals surface area contributed by atoms with Crippen molar-refractivity contribution in [3.8, 4) is 11.8 Å². The van der Waals surface area contributed by atoms with Gasteiger partial charge in [-0.05, 0) is 24.8 Å². The molecule has 0 aliphatic rings. The smallest absolute Gasteiger partial charge is 0.0381 e. The summed E-state index contributed by atoms with van der Waals surface area (Å²) in [5.74, 6) is 6.94. The summed E-state index contributed by atoms with van der Waals surface area (Å²) in [6.07, 6.45) is 1.89. The fraction of sp³-hybridized carbons (Fsp3) is 0.400. The Balaban J connectivity index is 2.49. The molecule has 0 atom stereocenters. The third kappa shape index (κ3) is 2.89. The normalized spacial score (nSPS) is 9.17. The molecule has 0 radical (unpaired) electrons. The second-order valence-electron chi connectivity index (χ2n) is 2.48. The zero-order chi connectivity index (χ0) is 8.81. The van der Waals surface area contributed by atoms with Crippen LogP contribution in [0.2, 0.25) is 0 Å². The van der Waals surface area contributed by atoms with E-state index in [1.165, 1.54) is 4.88 Å². The molecule has 0 saturated carbocycles. The summed E-state index contributed by atoms with van der Waals surface area (Å²) in [5.41, 5.74) is 1.16. The van der Waals surface area contributed by atoms with E-state index < -0.39 is 0 Å². The van der Waals surface area contributed by atoms with Gasteiger partial charge in [-0.3, -0.25) is 0 Å². The average molecular weight is 199 g/mol. The van der Waals surface area contributed by atoms with Crippen molar-refractivity contribution < 1.29 is 0 Å². The Labute approximate surface area is 82.6 Å². The highest BCUT2D eigenvalue weighted by atomic mass is 35.5. The molecule has 0 nitrogen and oxygen atoms in total. The summed E-state index contributed by atoms with van der Waals surface area (Å²) < 4.78 is 0. The molecule has 1 aromatic heterocycles. The van der Waals surface area contributed by atoms with Crippen LogP contribution in [0.25, 0.3) is 0 Å². The van der Waals surface area contributed by atoms with E-state index in [9.17, 15) is 0 Å². The SMILES string of the molecule is Cc1sccc1C#CCCCCl. The van der Waals surface area contributed by atoms with Crippen molar-refractivity contribution in [2.24, 2.45) is 0 Å². The van der Waals surface area contributed by atoms with Gasteiger partial charge in [0.25, 0.3) is 0 Å². The predicted molar refractivity (Wildman–Crippen MR) is 55.9 cm³/mol. The van der Waals surface area contributed by atoms with Crippen molar-refractivity contribution in [1.29, 1.82) is 0 Å². The minimum absolute atomic E-state index is 0.706. The van der Waals surface area contributed by atoms with E-state index in [-0.39, 0.29) is 0 Å². The topological polar surface area (TPSA) is 0 Å². The van der Waals surface area contributed by atoms with Crippen molar-refractivity contribution >= 4 is 22.9 Å². The first-order chi connectivity index (χ1) is 5.84. The van der Waals surface area contributed by atoms with E-state index in [0.717, 1.165) is 18.4 Å². The van der Waals surface area contributed by atoms with Gasteiger partial charge < -0.3 is 0 Å². The van der Waals surface area contributed by atoms with Crippen LogP contribution >= 0.6 is 22.9 Å². The lowest BCUT2D eigenvalue weighted by Gasteiger charge is -1.85. The van der Waals surface area contributed by atoms with Gasteiger partial charge in [-0.25, -0.2) is 0 Å². The maximum Gasteiger partial charge on any atom is 0.0381 e. The Bertz CT molecular complexity index is 290. The van der Waals surface area contributed by atoms with Crippen molar-refractivity contribution in [1.82, 2.24) is 0 Å².